The molecule has 0 amide bonds. The molecule has 2 N–H and O–H groups in total. The van der Waals surface area contributed by atoms with E-state index in [1.165, 1.54) is 6.92 Å². The maximum absolute atomic E-state index is 12.3. The van der Waals surface area contributed by atoms with Crippen molar-refractivity contribution in [3.05, 3.63) is 28.8 Å². The zero-order chi connectivity index (χ0) is 11.6. The number of hydrogen-bond acceptors (Lipinski definition) is 3. The topological polar surface area (TPSA) is 66.9 Å². The van der Waals surface area contributed by atoms with Crippen LogP contribution in [0.5, 0.6) is 0 Å². The van der Waals surface area contributed by atoms with Crippen molar-refractivity contribution in [1.29, 1.82) is 5.26 Å². The number of anilines is 1. The lowest BCUT2D eigenvalue weighted by atomic mass is 10.00. The first kappa shape index (κ1) is 11.1. The van der Waals surface area contributed by atoms with Crippen molar-refractivity contribution >= 4 is 11.5 Å². The molecule has 0 saturated carbocycles. The molecular weight excluding hydrogens is 202 g/mol. The van der Waals surface area contributed by atoms with Crippen LogP contribution in [0.25, 0.3) is 0 Å². The fraction of sp³-hybridized carbons (Fsp3) is 0.200. The largest absolute Gasteiger partial charge is 0.398 e. The molecule has 0 atom stereocenters. The van der Waals surface area contributed by atoms with E-state index < -0.39 is 12.2 Å². The summed E-state index contributed by atoms with van der Waals surface area (Å²) in [6.07, 6.45) is -2.71. The van der Waals surface area contributed by atoms with Crippen LogP contribution in [0.15, 0.2) is 12.1 Å². The number of carbonyl (C=O) groups excluding carboxylic acids is 1. The van der Waals surface area contributed by atoms with Crippen molar-refractivity contribution in [3.8, 4) is 6.07 Å². The second-order valence-corrected chi connectivity index (χ2v) is 3.00. The maximum Gasteiger partial charge on any atom is 0.263 e. The monoisotopic (exact) mass is 210 g/mol. The minimum Gasteiger partial charge on any atom is -0.398 e. The number of carbonyl (C=O) groups is 1. The van der Waals surface area contributed by atoms with E-state index in [0.29, 0.717) is 0 Å². The van der Waals surface area contributed by atoms with Gasteiger partial charge in [-0.2, -0.15) is 5.26 Å². The molecule has 5 heteroatoms. The number of nitrogens with two attached hydrogens (primary N) is 1. The molecule has 1 aromatic carbocycles. The lowest BCUT2D eigenvalue weighted by Gasteiger charge is -2.07. The Bertz CT molecular complexity index is 449. The predicted molar refractivity (Wildman–Crippen MR) is 50.5 cm³/mol. The second-order valence-electron chi connectivity index (χ2n) is 3.00. The van der Waals surface area contributed by atoms with Gasteiger partial charge >= 0.3 is 0 Å². The highest BCUT2D eigenvalue weighted by molar-refractivity contribution is 6.01. The molecule has 0 unspecified atom stereocenters. The normalized spacial score (nSPS) is 10.1. The number of alkyl halides is 2. The van der Waals surface area contributed by atoms with E-state index in [0.717, 1.165) is 12.1 Å². The van der Waals surface area contributed by atoms with Crippen LogP contribution in [-0.2, 0) is 0 Å². The van der Waals surface area contributed by atoms with E-state index in [-0.39, 0.29) is 22.4 Å². The van der Waals surface area contributed by atoms with Crippen LogP contribution in [-0.4, -0.2) is 5.78 Å². The lowest BCUT2D eigenvalue weighted by Crippen LogP contribution is -2.04. The Morgan fingerprint density at radius 2 is 2.13 bits per heavy atom. The molecule has 0 heterocycles. The van der Waals surface area contributed by atoms with Gasteiger partial charge in [-0.25, -0.2) is 8.78 Å². The van der Waals surface area contributed by atoms with Gasteiger partial charge in [-0.15, -0.1) is 0 Å². The molecule has 0 aromatic heterocycles. The molecule has 0 fully saturated rings. The molecule has 0 bridgehead atoms. The van der Waals surface area contributed by atoms with E-state index >= 15 is 0 Å². The number of nitriles is 1. The fourth-order valence-electron chi connectivity index (χ4n) is 1.29. The van der Waals surface area contributed by atoms with Gasteiger partial charge in [0.15, 0.2) is 5.78 Å². The van der Waals surface area contributed by atoms with Gasteiger partial charge in [0, 0.05) is 11.3 Å². The van der Waals surface area contributed by atoms with Crippen LogP contribution in [0.3, 0.4) is 0 Å². The molecule has 0 aliphatic rings. The first-order valence-electron chi connectivity index (χ1n) is 4.10. The van der Waals surface area contributed by atoms with E-state index in [1.807, 2.05) is 0 Å². The van der Waals surface area contributed by atoms with Gasteiger partial charge in [-0.1, -0.05) is 0 Å². The van der Waals surface area contributed by atoms with E-state index in [1.54, 1.807) is 6.07 Å². The first-order chi connectivity index (χ1) is 6.97. The van der Waals surface area contributed by atoms with Crippen LogP contribution in [0.1, 0.15) is 34.8 Å². The van der Waals surface area contributed by atoms with Crippen molar-refractivity contribution < 1.29 is 13.6 Å². The number of Topliss-reactive ketones (excluding diaryl/α,β-unsaturated/α-hetero) is 1. The summed E-state index contributed by atoms with van der Waals surface area (Å²) in [7, 11) is 0. The number of rotatable bonds is 2. The van der Waals surface area contributed by atoms with E-state index in [9.17, 15) is 13.6 Å². The standard InChI is InChI=1S/C10H8F2N2O/c1-5(15)9-7(4-13)2-6(10(11)12)3-8(9)14/h2-3,10H,14H2,1H3. The SMILES string of the molecule is CC(=O)c1c(N)cc(C(F)F)cc1C#N. The lowest BCUT2D eigenvalue weighted by molar-refractivity contribution is 0.101. The molecule has 0 radical (unpaired) electrons. The van der Waals surface area contributed by atoms with E-state index in [4.69, 9.17) is 11.0 Å². The Morgan fingerprint density at radius 3 is 2.53 bits per heavy atom. The Labute approximate surface area is 85.1 Å². The summed E-state index contributed by atoms with van der Waals surface area (Å²) in [5.41, 5.74) is 4.88. The van der Waals surface area contributed by atoms with Crippen molar-refractivity contribution in [1.82, 2.24) is 0 Å². The van der Waals surface area contributed by atoms with Crippen LogP contribution in [0, 0.1) is 11.3 Å². The van der Waals surface area contributed by atoms with Gasteiger partial charge < -0.3 is 5.73 Å². The van der Waals surface area contributed by atoms with Gasteiger partial charge in [0.1, 0.15) is 0 Å². The highest BCUT2D eigenvalue weighted by atomic mass is 19.3. The summed E-state index contributed by atoms with van der Waals surface area (Å²) in [5.74, 6) is -0.412. The highest BCUT2D eigenvalue weighted by Crippen LogP contribution is 2.26. The summed E-state index contributed by atoms with van der Waals surface area (Å²) < 4.78 is 24.7. The zero-order valence-electron chi connectivity index (χ0n) is 7.92. The predicted octanol–water partition coefficient (Wildman–Crippen LogP) is 2.28. The maximum atomic E-state index is 12.3. The van der Waals surface area contributed by atoms with Gasteiger partial charge in [-0.05, 0) is 19.1 Å². The number of halogens is 2. The van der Waals surface area contributed by atoms with Crippen molar-refractivity contribution in [2.24, 2.45) is 0 Å². The van der Waals surface area contributed by atoms with Crippen molar-refractivity contribution in [2.45, 2.75) is 13.3 Å². The quantitative estimate of drug-likeness (QED) is 0.601. The third-order valence-corrected chi connectivity index (χ3v) is 1.92. The number of benzene rings is 1. The molecule has 0 aliphatic carbocycles. The molecule has 3 nitrogen and oxygen atoms in total. The molecule has 0 spiro atoms. The van der Waals surface area contributed by atoms with Gasteiger partial charge in [0.25, 0.3) is 6.43 Å². The zero-order valence-corrected chi connectivity index (χ0v) is 7.92. The van der Waals surface area contributed by atoms with Crippen LogP contribution >= 0.6 is 0 Å². The molecule has 0 saturated heterocycles. The van der Waals surface area contributed by atoms with Crippen molar-refractivity contribution in [2.75, 3.05) is 5.73 Å². The minimum atomic E-state index is -2.71. The summed E-state index contributed by atoms with van der Waals surface area (Å²) in [6.45, 7) is 1.23. The molecular formula is C10H8F2N2O. The molecule has 1 rings (SSSR count). The summed E-state index contributed by atoms with van der Waals surface area (Å²) in [4.78, 5) is 11.1. The van der Waals surface area contributed by atoms with Crippen LogP contribution in [0.2, 0.25) is 0 Å². The Hall–Kier alpha value is -1.96. The number of hydrogen-bond donors (Lipinski definition) is 1. The smallest absolute Gasteiger partial charge is 0.263 e. The second kappa shape index (κ2) is 4.05. The summed E-state index contributed by atoms with van der Waals surface area (Å²) in [6, 6.07) is 3.68. The van der Waals surface area contributed by atoms with Crippen LogP contribution in [0.4, 0.5) is 14.5 Å². The fourth-order valence-corrected chi connectivity index (χ4v) is 1.29. The molecule has 78 valence electrons. The Kier molecular flexibility index (Phi) is 3.00. The average molecular weight is 210 g/mol. The van der Waals surface area contributed by atoms with Crippen molar-refractivity contribution in [3.63, 3.8) is 0 Å². The van der Waals surface area contributed by atoms with E-state index in [2.05, 4.69) is 0 Å². The van der Waals surface area contributed by atoms with Gasteiger partial charge in [0.2, 0.25) is 0 Å². The summed E-state index contributed by atoms with van der Waals surface area (Å²) >= 11 is 0. The third-order valence-electron chi connectivity index (χ3n) is 1.92. The Morgan fingerprint density at radius 1 is 1.53 bits per heavy atom. The average Bonchev–Trinajstić information content (AvgIpc) is 2.15. The van der Waals surface area contributed by atoms with Gasteiger partial charge in [-0.3, -0.25) is 4.79 Å². The Balaban J connectivity index is 3.46. The summed E-state index contributed by atoms with van der Waals surface area (Å²) in [5, 5.41) is 8.70. The molecule has 0 aliphatic heterocycles. The third kappa shape index (κ3) is 2.10. The number of nitrogen functional groups attached to an aromatic ring is 1. The molecule has 15 heavy (non-hydrogen) atoms. The molecule has 1 aromatic rings. The first-order valence-corrected chi connectivity index (χ1v) is 4.10. The van der Waals surface area contributed by atoms with Gasteiger partial charge in [0.05, 0.1) is 17.2 Å². The number of nitrogens with zero attached hydrogens (tertiary/aromatic N) is 1. The highest BCUT2D eigenvalue weighted by Gasteiger charge is 2.16. The minimum absolute atomic E-state index is 0.00176. The van der Waals surface area contributed by atoms with Crippen LogP contribution < -0.4 is 5.73 Å². The number of ketones is 1.